The second-order valence-electron chi connectivity index (χ2n) is 8.07. The number of rotatable bonds is 2. The van der Waals surface area contributed by atoms with Gasteiger partial charge >= 0.3 is 0 Å². The van der Waals surface area contributed by atoms with Crippen molar-refractivity contribution < 1.29 is 4.79 Å². The molecule has 0 bridgehead atoms. The first-order valence-electron chi connectivity index (χ1n) is 10.1. The third-order valence-electron chi connectivity index (χ3n) is 6.43. The van der Waals surface area contributed by atoms with Crippen molar-refractivity contribution in [2.75, 3.05) is 7.05 Å². The number of carbonyl (C=O) groups is 1. The lowest BCUT2D eigenvalue weighted by molar-refractivity contribution is 0.0705. The second-order valence-corrected chi connectivity index (χ2v) is 8.07. The first-order chi connectivity index (χ1) is 14.7. The van der Waals surface area contributed by atoms with Gasteiger partial charge in [0.1, 0.15) is 5.69 Å². The third kappa shape index (κ3) is 2.38. The first-order valence-corrected chi connectivity index (χ1v) is 10.1. The summed E-state index contributed by atoms with van der Waals surface area (Å²) >= 11 is 0. The van der Waals surface area contributed by atoms with E-state index in [1.54, 1.807) is 18.6 Å². The highest BCUT2D eigenvalue weighted by Gasteiger charge is 2.53. The van der Waals surface area contributed by atoms with E-state index in [0.717, 1.165) is 40.9 Å². The number of hydrogen-bond acceptors (Lipinski definition) is 3. The molecule has 1 saturated carbocycles. The maximum absolute atomic E-state index is 13.4. The van der Waals surface area contributed by atoms with Crippen molar-refractivity contribution >= 4 is 5.91 Å². The summed E-state index contributed by atoms with van der Waals surface area (Å²) in [6.07, 6.45) is 9.21. The van der Waals surface area contributed by atoms with Crippen molar-refractivity contribution in [2.24, 2.45) is 0 Å². The van der Waals surface area contributed by atoms with Gasteiger partial charge in [0.05, 0.1) is 23.1 Å². The molecule has 3 heterocycles. The Morgan fingerprint density at radius 1 is 0.933 bits per heavy atom. The Kier molecular flexibility index (Phi) is 3.51. The second kappa shape index (κ2) is 6.13. The molecule has 0 atom stereocenters. The average molecular weight is 392 g/mol. The molecule has 5 heteroatoms. The zero-order chi connectivity index (χ0) is 20.3. The van der Waals surface area contributed by atoms with E-state index in [9.17, 15) is 4.79 Å². The van der Waals surface area contributed by atoms with E-state index in [4.69, 9.17) is 0 Å². The van der Waals surface area contributed by atoms with Crippen LogP contribution in [0.25, 0.3) is 28.1 Å². The largest absolute Gasteiger partial charge is 0.331 e. The summed E-state index contributed by atoms with van der Waals surface area (Å²) in [5.74, 6) is 0.0620. The molecular weight excluding hydrogens is 372 g/mol. The molecule has 0 saturated heterocycles. The number of carbonyl (C=O) groups excluding carboxylic acids is 1. The van der Waals surface area contributed by atoms with Crippen LogP contribution in [0, 0.1) is 0 Å². The Bertz CT molecular complexity index is 1270. The van der Waals surface area contributed by atoms with Gasteiger partial charge in [-0.15, -0.1) is 0 Å². The van der Waals surface area contributed by atoms with Gasteiger partial charge in [-0.3, -0.25) is 14.8 Å². The highest BCUT2D eigenvalue weighted by Crippen LogP contribution is 2.54. The lowest BCUT2D eigenvalue weighted by Gasteiger charge is -2.27. The van der Waals surface area contributed by atoms with Crippen LogP contribution in [-0.2, 0) is 5.54 Å². The predicted molar refractivity (Wildman–Crippen MR) is 115 cm³/mol. The Balaban J connectivity index is 1.60. The van der Waals surface area contributed by atoms with Crippen LogP contribution in [0.5, 0.6) is 0 Å². The van der Waals surface area contributed by atoms with E-state index in [-0.39, 0.29) is 11.4 Å². The fourth-order valence-electron chi connectivity index (χ4n) is 4.62. The van der Waals surface area contributed by atoms with Gasteiger partial charge in [-0.1, -0.05) is 42.5 Å². The highest BCUT2D eigenvalue weighted by atomic mass is 16.2. The maximum Gasteiger partial charge on any atom is 0.271 e. The van der Waals surface area contributed by atoms with Crippen LogP contribution in [0.3, 0.4) is 0 Å². The van der Waals surface area contributed by atoms with E-state index in [0.29, 0.717) is 5.69 Å². The van der Waals surface area contributed by atoms with Crippen LogP contribution in [0.4, 0.5) is 0 Å². The van der Waals surface area contributed by atoms with Crippen LogP contribution in [-0.4, -0.2) is 32.4 Å². The van der Waals surface area contributed by atoms with Gasteiger partial charge in [-0.25, -0.2) is 0 Å². The van der Waals surface area contributed by atoms with E-state index in [1.165, 1.54) is 5.56 Å². The summed E-state index contributed by atoms with van der Waals surface area (Å²) in [4.78, 5) is 24.1. The lowest BCUT2D eigenvalue weighted by Crippen LogP contribution is -2.36. The fourth-order valence-corrected chi connectivity index (χ4v) is 4.62. The molecule has 1 spiro atoms. The first kappa shape index (κ1) is 17.2. The number of fused-ring (bicyclic) bond motifs is 4. The average Bonchev–Trinajstić information content (AvgIpc) is 3.50. The van der Waals surface area contributed by atoms with Crippen molar-refractivity contribution in [1.82, 2.24) is 19.4 Å². The molecule has 146 valence electrons. The molecule has 30 heavy (non-hydrogen) atoms. The molecule has 0 unspecified atom stereocenters. The van der Waals surface area contributed by atoms with Crippen LogP contribution < -0.4 is 0 Å². The molecular formula is C25H20N4O. The van der Waals surface area contributed by atoms with Crippen LogP contribution in [0.2, 0.25) is 0 Å². The van der Waals surface area contributed by atoms with Crippen molar-refractivity contribution in [2.45, 2.75) is 18.4 Å². The maximum atomic E-state index is 13.4. The zero-order valence-corrected chi connectivity index (χ0v) is 16.6. The summed E-state index contributed by atoms with van der Waals surface area (Å²) in [6, 6.07) is 18.6. The minimum Gasteiger partial charge on any atom is -0.331 e. The van der Waals surface area contributed by atoms with Crippen LogP contribution in [0.1, 0.15) is 28.9 Å². The van der Waals surface area contributed by atoms with Gasteiger partial charge in [0.25, 0.3) is 5.91 Å². The van der Waals surface area contributed by atoms with E-state index < -0.39 is 0 Å². The molecule has 4 aromatic rings. The molecule has 1 fully saturated rings. The molecule has 1 amide bonds. The molecule has 6 rings (SSSR count). The summed E-state index contributed by atoms with van der Waals surface area (Å²) < 4.78 is 2.06. The molecule has 1 aliphatic carbocycles. The minimum atomic E-state index is -0.209. The van der Waals surface area contributed by atoms with Crippen molar-refractivity contribution in [3.63, 3.8) is 0 Å². The predicted octanol–water partition coefficient (Wildman–Crippen LogP) is 4.68. The summed E-state index contributed by atoms with van der Waals surface area (Å²) in [7, 11) is 1.93. The molecule has 0 N–H and O–H groups in total. The molecule has 0 radical (unpaired) electrons. The number of nitrogens with zero attached hydrogens (tertiary/aromatic N) is 4. The van der Waals surface area contributed by atoms with Gasteiger partial charge in [0.2, 0.25) is 0 Å². The molecule has 1 aliphatic heterocycles. The number of benzene rings is 2. The topological polar surface area (TPSA) is 51.0 Å². The SMILES string of the molecule is CN1C(=O)c2cc(-c3ccccc3)cn2-c2cc(-c3cnccn3)ccc2C12CC2. The Hall–Kier alpha value is -3.73. The van der Waals surface area contributed by atoms with Gasteiger partial charge < -0.3 is 9.47 Å². The van der Waals surface area contributed by atoms with Gasteiger partial charge in [0.15, 0.2) is 0 Å². The Morgan fingerprint density at radius 2 is 1.77 bits per heavy atom. The van der Waals surface area contributed by atoms with Gasteiger partial charge in [-0.2, -0.15) is 0 Å². The fraction of sp³-hybridized carbons (Fsp3) is 0.160. The van der Waals surface area contributed by atoms with E-state index in [1.807, 2.05) is 36.2 Å². The highest BCUT2D eigenvalue weighted by molar-refractivity contribution is 5.97. The molecule has 2 aromatic carbocycles. The zero-order valence-electron chi connectivity index (χ0n) is 16.6. The van der Waals surface area contributed by atoms with Gasteiger partial charge in [0, 0.05) is 42.3 Å². The monoisotopic (exact) mass is 392 g/mol. The van der Waals surface area contributed by atoms with Crippen LogP contribution in [0.15, 0.2) is 79.4 Å². The van der Waals surface area contributed by atoms with Gasteiger partial charge in [-0.05, 0) is 30.5 Å². The number of aromatic nitrogens is 3. The minimum absolute atomic E-state index is 0.0620. The van der Waals surface area contributed by atoms with E-state index >= 15 is 0 Å². The lowest BCUT2D eigenvalue weighted by atomic mass is 9.98. The van der Waals surface area contributed by atoms with E-state index in [2.05, 4.69) is 51.1 Å². The normalized spacial score (nSPS) is 16.2. The van der Waals surface area contributed by atoms with Crippen LogP contribution >= 0.6 is 0 Å². The standard InChI is InChI=1S/C25H20N4O/c1-28-24(30)23-14-19(17-5-3-2-4-6-17)16-29(23)22-13-18(21-15-26-11-12-27-21)7-8-20(22)25(28)9-10-25/h2-8,11-16H,9-10H2,1H3. The third-order valence-corrected chi connectivity index (χ3v) is 6.43. The summed E-state index contributed by atoms with van der Waals surface area (Å²) in [5.41, 5.74) is 6.68. The van der Waals surface area contributed by atoms with Crippen molar-refractivity contribution in [1.29, 1.82) is 0 Å². The molecule has 5 nitrogen and oxygen atoms in total. The van der Waals surface area contributed by atoms with Crippen molar-refractivity contribution in [3.05, 3.63) is 90.6 Å². The van der Waals surface area contributed by atoms with Crippen molar-refractivity contribution in [3.8, 4) is 28.1 Å². The number of amides is 1. The summed E-state index contributed by atoms with van der Waals surface area (Å²) in [5, 5.41) is 0. The molecule has 2 aliphatic rings. The smallest absolute Gasteiger partial charge is 0.271 e. The Labute approximate surface area is 174 Å². The number of hydrogen-bond donors (Lipinski definition) is 0. The summed E-state index contributed by atoms with van der Waals surface area (Å²) in [6.45, 7) is 0. The molecule has 2 aromatic heterocycles. The quantitative estimate of drug-likeness (QED) is 0.498. The Morgan fingerprint density at radius 3 is 2.50 bits per heavy atom.